The number of amides is 1. The molecule has 5 rings (SSSR count). The zero-order chi connectivity index (χ0) is 29.4. The van der Waals surface area contributed by atoms with E-state index < -0.39 is 35.5 Å². The molecule has 0 unspecified atom stereocenters. The maximum absolute atomic E-state index is 13.4. The van der Waals surface area contributed by atoms with Crippen LogP contribution in [0.1, 0.15) is 78.1 Å². The Morgan fingerprint density at radius 3 is 2.73 bits per heavy atom. The molecule has 0 radical (unpaired) electrons. The number of hydrogen-bond donors (Lipinski definition) is 4. The summed E-state index contributed by atoms with van der Waals surface area (Å²) < 4.78 is 5.24. The van der Waals surface area contributed by atoms with E-state index >= 15 is 0 Å². The average Bonchev–Trinajstić information content (AvgIpc) is 3.55. The molecule has 1 aliphatic heterocycles. The molecule has 10 heteroatoms. The lowest BCUT2D eigenvalue weighted by Crippen LogP contribution is -2.82. The van der Waals surface area contributed by atoms with Crippen molar-refractivity contribution in [1.29, 1.82) is 0 Å². The number of allylic oxidation sites excluding steroid dienone is 1. The van der Waals surface area contributed by atoms with Gasteiger partial charge in [-0.1, -0.05) is 19.4 Å². The van der Waals surface area contributed by atoms with Crippen molar-refractivity contribution in [1.82, 2.24) is 10.2 Å². The number of quaternary nitrogens is 1. The smallest absolute Gasteiger partial charge is 0.306 e. The topological polar surface area (TPSA) is 150 Å². The van der Waals surface area contributed by atoms with Gasteiger partial charge in [-0.15, -0.1) is 0 Å². The number of nitrogens with two attached hydrogens (primary N) is 1. The van der Waals surface area contributed by atoms with Crippen LogP contribution in [-0.4, -0.2) is 89.7 Å². The van der Waals surface area contributed by atoms with Crippen LogP contribution < -0.4 is 10.6 Å². The van der Waals surface area contributed by atoms with Crippen LogP contribution >= 0.6 is 0 Å². The number of aliphatic hydroxyl groups is 2. The number of ether oxygens (including phenoxy) is 1. The van der Waals surface area contributed by atoms with Crippen molar-refractivity contribution in [2.45, 2.75) is 89.8 Å². The minimum Gasteiger partial charge on any atom is -0.458 e. The zero-order valence-electron chi connectivity index (χ0n) is 24.7. The molecule has 0 bridgehead atoms. The number of esters is 1. The summed E-state index contributed by atoms with van der Waals surface area (Å²) in [4.78, 5) is 52.3. The lowest BCUT2D eigenvalue weighted by molar-refractivity contribution is -0.642. The molecule has 0 spiro atoms. The van der Waals surface area contributed by atoms with Gasteiger partial charge >= 0.3 is 5.97 Å². The second-order valence-corrected chi connectivity index (χ2v) is 13.6. The first kappa shape index (κ1) is 30.3. The Morgan fingerprint density at radius 2 is 1.98 bits per heavy atom. The molecule has 0 aromatic heterocycles. The van der Waals surface area contributed by atoms with Crippen LogP contribution in [-0.2, 0) is 23.9 Å². The summed E-state index contributed by atoms with van der Waals surface area (Å²) in [6, 6.07) is 0. The highest BCUT2D eigenvalue weighted by Crippen LogP contribution is 2.67. The fraction of sp³-hybridized carbons (Fsp3) is 0.806. The van der Waals surface area contributed by atoms with Gasteiger partial charge < -0.3 is 25.6 Å². The number of carbonyl (C=O) groups is 4. The fourth-order valence-corrected chi connectivity index (χ4v) is 9.16. The quantitative estimate of drug-likeness (QED) is 0.217. The molecule has 5 aliphatic rings. The van der Waals surface area contributed by atoms with Gasteiger partial charge in [0, 0.05) is 31.3 Å². The number of rotatable bonds is 10. The molecule has 1 heterocycles. The fourth-order valence-electron chi connectivity index (χ4n) is 9.16. The average molecular weight is 575 g/mol. The first-order valence-corrected chi connectivity index (χ1v) is 15.6. The molecule has 1 saturated heterocycles. The van der Waals surface area contributed by atoms with Gasteiger partial charge in [-0.3, -0.25) is 24.1 Å². The van der Waals surface area contributed by atoms with Crippen LogP contribution in [0.2, 0.25) is 0 Å². The molecule has 41 heavy (non-hydrogen) atoms. The summed E-state index contributed by atoms with van der Waals surface area (Å²) in [6.07, 6.45) is 5.90. The molecule has 0 aromatic carbocycles. The van der Waals surface area contributed by atoms with E-state index in [1.165, 1.54) is 0 Å². The second kappa shape index (κ2) is 11.9. The molecule has 1 amide bonds. The van der Waals surface area contributed by atoms with Crippen molar-refractivity contribution in [3.05, 3.63) is 11.6 Å². The number of nitrogens with one attached hydrogen (secondary N) is 1. The maximum Gasteiger partial charge on any atom is 0.306 e. The third-order valence-corrected chi connectivity index (χ3v) is 11.4. The Balaban J connectivity index is 1.12. The standard InChI is InChI=1S/C31H47N3O7/c1-29-10-8-21(35)16-20(29)4-5-22-23-9-11-31(40,30(23,2)17-24(36)28(22)29)25(37)18-41-27(39)7-6-26(38)33-12-3-14-34-15-13-32-19-34/h16,22-24,28,32,36,40H,3-15,17-19H2,1-2H3,(H,33,38)/p+1/t22-,23+,24+,28-,29+,30-,31+/m1/s1. The summed E-state index contributed by atoms with van der Waals surface area (Å²) in [7, 11) is 0. The van der Waals surface area contributed by atoms with Gasteiger partial charge in [-0.25, -0.2) is 0 Å². The molecule has 3 saturated carbocycles. The van der Waals surface area contributed by atoms with E-state index in [-0.39, 0.29) is 54.1 Å². The Hall–Kier alpha value is -2.14. The van der Waals surface area contributed by atoms with E-state index in [1.54, 1.807) is 6.08 Å². The summed E-state index contributed by atoms with van der Waals surface area (Å²) in [5, 5.41) is 28.4. The number of Topliss-reactive ketones (excluding diaryl/α,β-unsaturated/α-hetero) is 1. The SMILES string of the molecule is C[C@]12CCC(=O)C=C1CC[C@H]1[C@@H]2[C@@H](O)C[C@]2(C)[C@H]1CC[C@]2(O)C(=O)COC(=O)CCC(=O)NCCCN1CC[NH2+]C1. The number of carbonyl (C=O) groups excluding carboxylic acids is 4. The molecular formula is C31H48N3O7+. The number of fused-ring (bicyclic) bond motifs is 5. The van der Waals surface area contributed by atoms with E-state index in [2.05, 4.69) is 22.5 Å². The molecule has 4 fully saturated rings. The number of aliphatic hydroxyl groups excluding tert-OH is 1. The number of ketones is 2. The summed E-state index contributed by atoms with van der Waals surface area (Å²) >= 11 is 0. The molecule has 5 N–H and O–H groups in total. The van der Waals surface area contributed by atoms with Gasteiger partial charge in [-0.05, 0) is 74.2 Å². The van der Waals surface area contributed by atoms with Gasteiger partial charge in [-0.2, -0.15) is 0 Å². The third kappa shape index (κ3) is 5.65. The molecule has 228 valence electrons. The van der Waals surface area contributed by atoms with Crippen molar-refractivity contribution in [3.63, 3.8) is 0 Å². The molecule has 10 nitrogen and oxygen atoms in total. The van der Waals surface area contributed by atoms with E-state index in [9.17, 15) is 29.4 Å². The van der Waals surface area contributed by atoms with E-state index in [1.807, 2.05) is 6.92 Å². The molecular weight excluding hydrogens is 526 g/mol. The third-order valence-electron chi connectivity index (χ3n) is 11.4. The zero-order valence-corrected chi connectivity index (χ0v) is 24.7. The normalized spacial score (nSPS) is 38.4. The summed E-state index contributed by atoms with van der Waals surface area (Å²) in [5.74, 6) is -1.03. The van der Waals surface area contributed by atoms with Gasteiger partial charge in [0.2, 0.25) is 11.7 Å². The van der Waals surface area contributed by atoms with Crippen LogP contribution in [0.3, 0.4) is 0 Å². The summed E-state index contributed by atoms with van der Waals surface area (Å²) in [5.41, 5.74) is -1.61. The van der Waals surface area contributed by atoms with Gasteiger partial charge in [0.15, 0.2) is 12.4 Å². The second-order valence-electron chi connectivity index (χ2n) is 13.6. The minimum absolute atomic E-state index is 0.00572. The maximum atomic E-state index is 13.4. The van der Waals surface area contributed by atoms with Crippen molar-refractivity contribution in [2.75, 3.05) is 39.5 Å². The highest BCUT2D eigenvalue weighted by atomic mass is 16.5. The van der Waals surface area contributed by atoms with Crippen LogP contribution in [0.15, 0.2) is 11.6 Å². The van der Waals surface area contributed by atoms with Crippen LogP contribution in [0, 0.1) is 28.6 Å². The Morgan fingerprint density at radius 1 is 1.17 bits per heavy atom. The van der Waals surface area contributed by atoms with E-state index in [4.69, 9.17) is 4.74 Å². The first-order valence-electron chi connectivity index (χ1n) is 15.6. The van der Waals surface area contributed by atoms with Crippen LogP contribution in [0.25, 0.3) is 0 Å². The van der Waals surface area contributed by atoms with Crippen molar-refractivity contribution < 1.29 is 39.4 Å². The van der Waals surface area contributed by atoms with Crippen LogP contribution in [0.4, 0.5) is 0 Å². The van der Waals surface area contributed by atoms with E-state index in [0.29, 0.717) is 25.8 Å². The van der Waals surface area contributed by atoms with Crippen molar-refractivity contribution >= 4 is 23.4 Å². The van der Waals surface area contributed by atoms with Gasteiger partial charge in [0.25, 0.3) is 0 Å². The monoisotopic (exact) mass is 574 g/mol. The molecule has 7 atom stereocenters. The Bertz CT molecular complexity index is 1090. The van der Waals surface area contributed by atoms with Gasteiger partial charge in [0.05, 0.1) is 25.6 Å². The Kier molecular flexibility index (Phi) is 8.77. The molecule has 4 aliphatic carbocycles. The predicted octanol–water partition coefficient (Wildman–Crippen LogP) is 0.456. The lowest BCUT2D eigenvalue weighted by Gasteiger charge is -2.60. The highest BCUT2D eigenvalue weighted by Gasteiger charge is 2.68. The van der Waals surface area contributed by atoms with Gasteiger partial charge in [0.1, 0.15) is 12.3 Å². The highest BCUT2D eigenvalue weighted by molar-refractivity contribution is 5.92. The predicted molar refractivity (Wildman–Crippen MR) is 149 cm³/mol. The Labute approximate surface area is 242 Å². The molecule has 0 aromatic rings. The minimum atomic E-state index is -1.69. The first-order chi connectivity index (χ1) is 19.5. The van der Waals surface area contributed by atoms with Crippen molar-refractivity contribution in [2.24, 2.45) is 28.6 Å². The van der Waals surface area contributed by atoms with Crippen LogP contribution in [0.5, 0.6) is 0 Å². The number of hydrogen-bond acceptors (Lipinski definition) is 8. The van der Waals surface area contributed by atoms with Crippen molar-refractivity contribution in [3.8, 4) is 0 Å². The number of nitrogens with zero attached hydrogens (tertiary/aromatic N) is 1. The lowest BCUT2D eigenvalue weighted by atomic mass is 9.45. The largest absolute Gasteiger partial charge is 0.458 e. The summed E-state index contributed by atoms with van der Waals surface area (Å²) in [6.45, 7) is 8.20. The van der Waals surface area contributed by atoms with E-state index in [0.717, 1.165) is 57.6 Å².